The lowest BCUT2D eigenvalue weighted by atomic mass is 9.43. The summed E-state index contributed by atoms with van der Waals surface area (Å²) in [4.78, 5) is 14.0. The van der Waals surface area contributed by atoms with Crippen LogP contribution in [0.25, 0.3) is 0 Å². The number of piperidine rings is 1. The number of esters is 1. The van der Waals surface area contributed by atoms with Crippen LogP contribution in [0.15, 0.2) is 0 Å². The van der Waals surface area contributed by atoms with Gasteiger partial charge >= 0.3 is 5.97 Å². The van der Waals surface area contributed by atoms with Crippen LogP contribution in [0.5, 0.6) is 0 Å². The quantitative estimate of drug-likeness (QED) is 0.395. The van der Waals surface area contributed by atoms with Crippen molar-refractivity contribution in [1.82, 2.24) is 4.90 Å². The first kappa shape index (κ1) is 22.6. The predicted molar refractivity (Wildman–Crippen MR) is 114 cm³/mol. The Labute approximate surface area is 194 Å². The fourth-order valence-corrected chi connectivity index (χ4v) is 10.5. The molecular formula is C24H37NO8. The molecule has 186 valence electrons. The van der Waals surface area contributed by atoms with E-state index < -0.39 is 46.8 Å². The Hall–Kier alpha value is -0.810. The molecule has 6 rings (SSSR count). The van der Waals surface area contributed by atoms with Gasteiger partial charge in [0.15, 0.2) is 0 Å². The van der Waals surface area contributed by atoms with Crippen LogP contribution in [0.3, 0.4) is 0 Å². The molecular weight excluding hydrogens is 430 g/mol. The van der Waals surface area contributed by atoms with Crippen LogP contribution in [0.1, 0.15) is 39.0 Å². The number of aliphatic hydroxyl groups is 4. The normalized spacial score (nSPS) is 58.4. The van der Waals surface area contributed by atoms with Gasteiger partial charge in [-0.05, 0) is 37.5 Å². The van der Waals surface area contributed by atoms with Gasteiger partial charge in [-0.15, -0.1) is 0 Å². The third-order valence-electron chi connectivity index (χ3n) is 11.0. The van der Waals surface area contributed by atoms with Gasteiger partial charge in [-0.1, -0.05) is 0 Å². The Morgan fingerprint density at radius 2 is 1.94 bits per heavy atom. The summed E-state index contributed by atoms with van der Waals surface area (Å²) >= 11 is 0. The number of hydrogen-bond acceptors (Lipinski definition) is 9. The van der Waals surface area contributed by atoms with E-state index in [1.54, 1.807) is 14.2 Å². The van der Waals surface area contributed by atoms with Gasteiger partial charge in [0.25, 0.3) is 0 Å². The molecule has 0 aromatic carbocycles. The molecule has 5 saturated carbocycles. The van der Waals surface area contributed by atoms with Gasteiger partial charge in [0, 0.05) is 56.8 Å². The molecule has 0 aromatic heterocycles. The summed E-state index contributed by atoms with van der Waals surface area (Å²) in [5.41, 5.74) is -4.19. The summed E-state index contributed by atoms with van der Waals surface area (Å²) in [5, 5.41) is 47.2. The topological polar surface area (TPSA) is 129 Å². The highest BCUT2D eigenvalue weighted by molar-refractivity contribution is 5.66. The van der Waals surface area contributed by atoms with Crippen molar-refractivity contribution < 1.29 is 39.4 Å². The number of fused-ring (bicyclic) bond motifs is 2. The zero-order chi connectivity index (χ0) is 23.6. The van der Waals surface area contributed by atoms with E-state index in [-0.39, 0.29) is 42.4 Å². The number of methoxy groups -OCH3 is 2. The van der Waals surface area contributed by atoms with Gasteiger partial charge in [-0.25, -0.2) is 0 Å². The van der Waals surface area contributed by atoms with E-state index in [0.717, 1.165) is 6.42 Å². The lowest BCUT2D eigenvalue weighted by molar-refractivity contribution is -0.318. The van der Waals surface area contributed by atoms with Crippen LogP contribution < -0.4 is 0 Å². The van der Waals surface area contributed by atoms with Crippen molar-refractivity contribution in [2.75, 3.05) is 34.1 Å². The number of rotatable bonds is 5. The molecule has 1 spiro atoms. The van der Waals surface area contributed by atoms with Crippen LogP contribution in [-0.4, -0.2) is 101 Å². The Balaban J connectivity index is 1.60. The van der Waals surface area contributed by atoms with Crippen molar-refractivity contribution in [1.29, 1.82) is 0 Å². The summed E-state index contributed by atoms with van der Waals surface area (Å²) in [7, 11) is 3.27. The van der Waals surface area contributed by atoms with Crippen molar-refractivity contribution in [3.63, 3.8) is 0 Å². The fourth-order valence-electron chi connectivity index (χ4n) is 10.5. The van der Waals surface area contributed by atoms with E-state index >= 15 is 0 Å². The van der Waals surface area contributed by atoms with E-state index in [1.807, 2.05) is 4.90 Å². The van der Waals surface area contributed by atoms with E-state index in [1.165, 1.54) is 6.92 Å². The zero-order valence-corrected chi connectivity index (χ0v) is 19.6. The minimum absolute atomic E-state index is 0.0659. The van der Waals surface area contributed by atoms with Crippen LogP contribution in [0.4, 0.5) is 0 Å². The number of ether oxygens (including phenoxy) is 3. The first-order chi connectivity index (χ1) is 15.6. The molecule has 0 amide bonds. The molecule has 4 N–H and O–H groups in total. The molecule has 33 heavy (non-hydrogen) atoms. The molecule has 0 radical (unpaired) electrons. The van der Waals surface area contributed by atoms with Crippen LogP contribution >= 0.6 is 0 Å². The van der Waals surface area contributed by atoms with E-state index in [2.05, 4.69) is 0 Å². The van der Waals surface area contributed by atoms with Gasteiger partial charge in [0.1, 0.15) is 17.3 Å². The second kappa shape index (κ2) is 6.90. The van der Waals surface area contributed by atoms with Crippen molar-refractivity contribution in [2.45, 2.75) is 74.6 Å². The molecule has 6 aliphatic rings. The Morgan fingerprint density at radius 1 is 1.18 bits per heavy atom. The number of carbonyl (C=O) groups excluding carboxylic acids is 1. The van der Waals surface area contributed by atoms with Gasteiger partial charge in [0.05, 0.1) is 31.6 Å². The Morgan fingerprint density at radius 3 is 2.58 bits per heavy atom. The van der Waals surface area contributed by atoms with Crippen molar-refractivity contribution in [3.05, 3.63) is 0 Å². The first-order valence-electron chi connectivity index (χ1n) is 12.3. The molecule has 9 nitrogen and oxygen atoms in total. The Bertz CT molecular complexity index is 856. The molecule has 1 aliphatic heterocycles. The third kappa shape index (κ3) is 2.31. The van der Waals surface area contributed by atoms with E-state index in [0.29, 0.717) is 32.4 Å². The summed E-state index contributed by atoms with van der Waals surface area (Å²) < 4.78 is 17.3. The van der Waals surface area contributed by atoms with Crippen molar-refractivity contribution >= 4 is 5.97 Å². The van der Waals surface area contributed by atoms with Gasteiger partial charge in [0.2, 0.25) is 0 Å². The molecule has 6 fully saturated rings. The largest absolute Gasteiger partial charge is 0.462 e. The van der Waals surface area contributed by atoms with Gasteiger partial charge in [-0.3, -0.25) is 9.69 Å². The molecule has 12 unspecified atom stereocenters. The maximum absolute atomic E-state index is 12.5. The number of aliphatic hydroxyl groups excluding tert-OH is 2. The Kier molecular flexibility index (Phi) is 4.73. The van der Waals surface area contributed by atoms with Crippen molar-refractivity contribution in [3.8, 4) is 0 Å². The standard InChI is InChI=1S/C24H37NO8/c1-12(27)33-19-13-6-14-18(19)22(29,7-15(13)32-3)23(30)8-16-21(10-31-2)5-4-17(28)24(14,16)20(23)25(9-21)11-26/h13-20,26,28-30H,4-11H2,1-3H3. The number of likely N-dealkylation sites (tertiary alicyclic amines) is 1. The van der Waals surface area contributed by atoms with Crippen LogP contribution in [0.2, 0.25) is 0 Å². The lowest BCUT2D eigenvalue weighted by Gasteiger charge is -2.69. The van der Waals surface area contributed by atoms with Gasteiger partial charge in [-0.2, -0.15) is 0 Å². The predicted octanol–water partition coefficient (Wildman–Crippen LogP) is -0.507. The minimum atomic E-state index is -1.58. The second-order valence-electron chi connectivity index (χ2n) is 11.8. The maximum Gasteiger partial charge on any atom is 0.302 e. The first-order valence-corrected chi connectivity index (χ1v) is 12.3. The minimum Gasteiger partial charge on any atom is -0.462 e. The van der Waals surface area contributed by atoms with Crippen molar-refractivity contribution in [2.24, 2.45) is 34.5 Å². The molecule has 0 aromatic rings. The summed E-state index contributed by atoms with van der Waals surface area (Å²) in [6, 6.07) is -0.584. The number of hydrogen-bond donors (Lipinski definition) is 4. The van der Waals surface area contributed by atoms with E-state index in [9.17, 15) is 25.2 Å². The highest BCUT2D eigenvalue weighted by Crippen LogP contribution is 2.80. The average Bonchev–Trinajstić information content (AvgIpc) is 3.17. The highest BCUT2D eigenvalue weighted by atomic mass is 16.5. The monoisotopic (exact) mass is 467 g/mol. The summed E-state index contributed by atoms with van der Waals surface area (Å²) in [5.74, 6) is -1.25. The number of carbonyl (C=O) groups is 1. The molecule has 12 atom stereocenters. The van der Waals surface area contributed by atoms with Crippen LogP contribution in [0, 0.1) is 34.5 Å². The maximum atomic E-state index is 12.5. The molecule has 1 saturated heterocycles. The highest BCUT2D eigenvalue weighted by Gasteiger charge is 2.88. The molecule has 9 heteroatoms. The molecule has 5 aliphatic carbocycles. The van der Waals surface area contributed by atoms with Gasteiger partial charge < -0.3 is 34.6 Å². The average molecular weight is 468 g/mol. The molecule has 1 heterocycles. The number of nitrogens with zero attached hydrogens (tertiary/aromatic N) is 1. The zero-order valence-electron chi connectivity index (χ0n) is 19.6. The third-order valence-corrected chi connectivity index (χ3v) is 11.0. The lowest BCUT2D eigenvalue weighted by Crippen LogP contribution is -2.81. The SMILES string of the molecule is COCC12CCC(O)C34C5CC6C(OC)CC(O)(C5C6OC(C)=O)C(O)(CC13)C4N(CO)C2. The summed E-state index contributed by atoms with van der Waals surface area (Å²) in [6.07, 6.45) is 0.909. The smallest absolute Gasteiger partial charge is 0.302 e. The fraction of sp³-hybridized carbons (Fsp3) is 0.958. The molecule has 7 bridgehead atoms. The van der Waals surface area contributed by atoms with E-state index in [4.69, 9.17) is 14.2 Å². The second-order valence-corrected chi connectivity index (χ2v) is 11.8. The van der Waals surface area contributed by atoms with Crippen LogP contribution in [-0.2, 0) is 19.0 Å². The summed E-state index contributed by atoms with van der Waals surface area (Å²) in [6.45, 7) is 2.14.